The number of carbonyl (C=O) groups excluding carboxylic acids is 2. The fourth-order valence-electron chi connectivity index (χ4n) is 4.13. The van der Waals surface area contributed by atoms with E-state index in [0.29, 0.717) is 32.7 Å². The van der Waals surface area contributed by atoms with Gasteiger partial charge in [0.2, 0.25) is 5.91 Å². The Labute approximate surface area is 206 Å². The number of ether oxygens (including phenoxy) is 1. The second-order valence-electron chi connectivity index (χ2n) is 8.64. The number of amides is 2. The van der Waals surface area contributed by atoms with Gasteiger partial charge in [-0.25, -0.2) is 9.97 Å². The minimum atomic E-state index is -0.317. The Bertz CT molecular complexity index is 1270. The topological polar surface area (TPSA) is 106 Å². The average molecular weight is 498 g/mol. The third-order valence-electron chi connectivity index (χ3n) is 6.08. The van der Waals surface area contributed by atoms with E-state index in [0.717, 1.165) is 48.4 Å². The first-order chi connectivity index (χ1) is 16.4. The normalized spacial score (nSPS) is 17.1. The van der Waals surface area contributed by atoms with Crippen molar-refractivity contribution in [3.05, 3.63) is 51.5 Å². The average Bonchev–Trinajstić information content (AvgIpc) is 3.59. The number of methoxy groups -OCH3 is 1. The van der Waals surface area contributed by atoms with Crippen molar-refractivity contribution in [3.63, 3.8) is 0 Å². The molecule has 0 aliphatic heterocycles. The second-order valence-corrected chi connectivity index (χ2v) is 10.1. The summed E-state index contributed by atoms with van der Waals surface area (Å²) in [6.07, 6.45) is 7.44. The quantitative estimate of drug-likeness (QED) is 0.494. The molecule has 3 aromatic heterocycles. The van der Waals surface area contributed by atoms with Gasteiger partial charge >= 0.3 is 0 Å². The zero-order chi connectivity index (χ0) is 23.8. The van der Waals surface area contributed by atoms with Gasteiger partial charge in [-0.3, -0.25) is 19.9 Å². The predicted molar refractivity (Wildman–Crippen MR) is 131 cm³/mol. The fourth-order valence-corrected chi connectivity index (χ4v) is 5.38. The van der Waals surface area contributed by atoms with E-state index in [4.69, 9.17) is 16.3 Å². The fraction of sp³-hybridized carbons (Fsp3) is 0.375. The summed E-state index contributed by atoms with van der Waals surface area (Å²) < 4.78 is 5.45. The SMILES string of the molecule is COc1cnc(Cl)cc1-c1cc(C)ncc1C(=O)Nc1nc2c(s1)C[C@@H](NC(=O)C1CC1)CC2. The van der Waals surface area contributed by atoms with Gasteiger partial charge in [-0.05, 0) is 44.7 Å². The molecule has 176 valence electrons. The highest BCUT2D eigenvalue weighted by molar-refractivity contribution is 7.15. The van der Waals surface area contributed by atoms with Gasteiger partial charge in [-0.15, -0.1) is 11.3 Å². The van der Waals surface area contributed by atoms with Crippen LogP contribution in [0.4, 0.5) is 5.13 Å². The number of hydrogen-bond acceptors (Lipinski definition) is 7. The minimum Gasteiger partial charge on any atom is -0.494 e. The molecule has 2 aliphatic carbocycles. The molecule has 34 heavy (non-hydrogen) atoms. The van der Waals surface area contributed by atoms with Gasteiger partial charge in [0.1, 0.15) is 10.9 Å². The summed E-state index contributed by atoms with van der Waals surface area (Å²) in [6, 6.07) is 3.62. The van der Waals surface area contributed by atoms with Crippen LogP contribution in [0.25, 0.3) is 11.1 Å². The number of halogens is 1. The van der Waals surface area contributed by atoms with Crippen molar-refractivity contribution in [1.82, 2.24) is 20.3 Å². The third-order valence-corrected chi connectivity index (χ3v) is 7.33. The summed E-state index contributed by atoms with van der Waals surface area (Å²) in [4.78, 5) is 39.5. The minimum absolute atomic E-state index is 0.126. The van der Waals surface area contributed by atoms with Gasteiger partial charge in [0.25, 0.3) is 5.91 Å². The number of hydrogen-bond donors (Lipinski definition) is 2. The second kappa shape index (κ2) is 9.31. The Kier molecular flexibility index (Phi) is 6.22. The van der Waals surface area contributed by atoms with Crippen LogP contribution in [-0.4, -0.2) is 39.9 Å². The van der Waals surface area contributed by atoms with Gasteiger partial charge in [-0.1, -0.05) is 11.6 Å². The first kappa shape index (κ1) is 22.7. The molecular weight excluding hydrogens is 474 g/mol. The third kappa shape index (κ3) is 4.76. The lowest BCUT2D eigenvalue weighted by Gasteiger charge is -2.22. The van der Waals surface area contributed by atoms with Crippen LogP contribution in [0.2, 0.25) is 5.15 Å². The van der Waals surface area contributed by atoms with E-state index in [1.54, 1.807) is 19.4 Å². The Morgan fingerprint density at radius 3 is 2.74 bits per heavy atom. The van der Waals surface area contributed by atoms with Crippen LogP contribution in [-0.2, 0) is 17.6 Å². The highest BCUT2D eigenvalue weighted by atomic mass is 35.5. The highest BCUT2D eigenvalue weighted by Crippen LogP contribution is 2.35. The van der Waals surface area contributed by atoms with Gasteiger partial charge in [0, 0.05) is 46.3 Å². The van der Waals surface area contributed by atoms with Crippen molar-refractivity contribution in [2.24, 2.45) is 5.92 Å². The van der Waals surface area contributed by atoms with Gasteiger partial charge in [0.05, 0.1) is 24.6 Å². The zero-order valence-corrected chi connectivity index (χ0v) is 20.4. The molecule has 5 rings (SSSR count). The maximum absolute atomic E-state index is 13.3. The standard InChI is InChI=1S/C24H24ClN5O3S/c1-12-7-15(16-9-21(25)27-11-19(16)33-2)17(10-26-12)23(32)30-24-29-18-6-5-14(8-20(18)34-24)28-22(31)13-3-4-13/h7,9-11,13-14H,3-6,8H2,1-2H3,(H,28,31)(H,29,30,32)/t14-/m0/s1. The molecule has 8 nitrogen and oxygen atoms in total. The number of rotatable bonds is 6. The molecule has 0 unspecified atom stereocenters. The van der Waals surface area contributed by atoms with Crippen molar-refractivity contribution in [1.29, 1.82) is 0 Å². The van der Waals surface area contributed by atoms with E-state index in [2.05, 4.69) is 25.6 Å². The Morgan fingerprint density at radius 2 is 1.97 bits per heavy atom. The number of anilines is 1. The molecule has 0 saturated heterocycles. The largest absolute Gasteiger partial charge is 0.494 e. The molecule has 1 atom stereocenters. The summed E-state index contributed by atoms with van der Waals surface area (Å²) in [5.74, 6) is 0.552. The van der Waals surface area contributed by atoms with E-state index in [-0.39, 0.29) is 23.8 Å². The van der Waals surface area contributed by atoms with E-state index in [1.165, 1.54) is 17.5 Å². The van der Waals surface area contributed by atoms with Gasteiger partial charge < -0.3 is 10.1 Å². The van der Waals surface area contributed by atoms with Crippen LogP contribution >= 0.6 is 22.9 Å². The van der Waals surface area contributed by atoms with Crippen molar-refractivity contribution in [3.8, 4) is 16.9 Å². The van der Waals surface area contributed by atoms with Gasteiger partial charge in [-0.2, -0.15) is 0 Å². The van der Waals surface area contributed by atoms with E-state index < -0.39 is 0 Å². The number of thiazole rings is 1. The van der Waals surface area contributed by atoms with Crippen LogP contribution in [0, 0.1) is 12.8 Å². The van der Waals surface area contributed by atoms with Crippen molar-refractivity contribution in [2.75, 3.05) is 12.4 Å². The Hall–Kier alpha value is -3.04. The van der Waals surface area contributed by atoms with Crippen molar-refractivity contribution < 1.29 is 14.3 Å². The predicted octanol–water partition coefficient (Wildman–Crippen LogP) is 4.21. The maximum atomic E-state index is 13.3. The highest BCUT2D eigenvalue weighted by Gasteiger charge is 2.32. The zero-order valence-electron chi connectivity index (χ0n) is 18.9. The first-order valence-electron chi connectivity index (χ1n) is 11.2. The van der Waals surface area contributed by atoms with Crippen molar-refractivity contribution in [2.45, 2.75) is 45.1 Å². The van der Waals surface area contributed by atoms with Crippen LogP contribution in [0.3, 0.4) is 0 Å². The number of fused-ring (bicyclic) bond motifs is 1. The molecule has 10 heteroatoms. The summed E-state index contributed by atoms with van der Waals surface area (Å²) >= 11 is 7.59. The number of pyridine rings is 2. The van der Waals surface area contributed by atoms with Crippen LogP contribution in [0.5, 0.6) is 5.75 Å². The lowest BCUT2D eigenvalue weighted by Crippen LogP contribution is -2.39. The number of aromatic nitrogens is 3. The molecule has 3 heterocycles. The molecular formula is C24H24ClN5O3S. The van der Waals surface area contributed by atoms with Gasteiger partial charge in [0.15, 0.2) is 5.13 Å². The lowest BCUT2D eigenvalue weighted by molar-refractivity contribution is -0.123. The van der Waals surface area contributed by atoms with Crippen LogP contribution in [0.15, 0.2) is 24.5 Å². The molecule has 2 N–H and O–H groups in total. The van der Waals surface area contributed by atoms with Crippen LogP contribution < -0.4 is 15.4 Å². The summed E-state index contributed by atoms with van der Waals surface area (Å²) in [7, 11) is 1.54. The number of aryl methyl sites for hydroxylation is 2. The van der Waals surface area contributed by atoms with Crippen LogP contribution in [0.1, 0.15) is 45.9 Å². The van der Waals surface area contributed by atoms with E-state index in [1.807, 2.05) is 13.0 Å². The Balaban J connectivity index is 1.37. The van der Waals surface area contributed by atoms with E-state index >= 15 is 0 Å². The maximum Gasteiger partial charge on any atom is 0.259 e. The molecule has 1 saturated carbocycles. The molecule has 0 radical (unpaired) electrons. The lowest BCUT2D eigenvalue weighted by atomic mass is 9.97. The molecule has 1 fully saturated rings. The molecule has 3 aromatic rings. The first-order valence-corrected chi connectivity index (χ1v) is 12.4. The molecule has 0 spiro atoms. The summed E-state index contributed by atoms with van der Waals surface area (Å²) in [5, 5.41) is 6.93. The number of carbonyl (C=O) groups is 2. The Morgan fingerprint density at radius 1 is 1.15 bits per heavy atom. The smallest absolute Gasteiger partial charge is 0.259 e. The monoisotopic (exact) mass is 497 g/mol. The number of nitrogens with zero attached hydrogens (tertiary/aromatic N) is 3. The summed E-state index contributed by atoms with van der Waals surface area (Å²) in [6.45, 7) is 1.85. The summed E-state index contributed by atoms with van der Waals surface area (Å²) in [5.41, 5.74) is 3.43. The molecule has 0 aromatic carbocycles. The molecule has 2 amide bonds. The molecule has 2 aliphatic rings. The number of nitrogens with one attached hydrogen (secondary N) is 2. The molecule has 0 bridgehead atoms. The van der Waals surface area contributed by atoms with Crippen molar-refractivity contribution >= 4 is 39.9 Å². The van der Waals surface area contributed by atoms with E-state index in [9.17, 15) is 9.59 Å².